The quantitative estimate of drug-likeness (QED) is 0.846. The molecule has 1 aliphatic rings. The molecule has 0 unspecified atom stereocenters. The number of aromatic nitrogens is 3. The Balaban J connectivity index is 1.57. The van der Waals surface area contributed by atoms with E-state index in [1.54, 1.807) is 6.07 Å². The molecule has 0 saturated carbocycles. The Morgan fingerprint density at radius 2 is 2.04 bits per heavy atom. The molecule has 1 N–H and O–H groups in total. The largest absolute Gasteiger partial charge is 0.378 e. The topological polar surface area (TPSA) is 93.4 Å². The van der Waals surface area contributed by atoms with Gasteiger partial charge in [-0.3, -0.25) is 4.79 Å². The zero-order valence-corrected chi connectivity index (χ0v) is 14.6. The van der Waals surface area contributed by atoms with Gasteiger partial charge in [0.2, 0.25) is 5.76 Å². The van der Waals surface area contributed by atoms with E-state index < -0.39 is 0 Å². The number of carbonyl (C=O) groups excluding carboxylic acids is 1. The Morgan fingerprint density at radius 1 is 1.24 bits per heavy atom. The van der Waals surface area contributed by atoms with E-state index in [1.165, 1.54) is 6.33 Å². The summed E-state index contributed by atoms with van der Waals surface area (Å²) in [5.41, 5.74) is 1.53. The van der Waals surface area contributed by atoms with Crippen molar-refractivity contribution in [3.63, 3.8) is 0 Å². The minimum atomic E-state index is -0.297. The molecule has 1 amide bonds. The molecular weight excluding hydrogens is 322 g/mol. The lowest BCUT2D eigenvalue weighted by molar-refractivity contribution is 0.0913. The van der Waals surface area contributed by atoms with E-state index in [0.717, 1.165) is 36.7 Å². The van der Waals surface area contributed by atoms with Crippen LogP contribution in [0.5, 0.6) is 0 Å². The van der Waals surface area contributed by atoms with Gasteiger partial charge in [0.15, 0.2) is 0 Å². The third kappa shape index (κ3) is 4.76. The van der Waals surface area contributed by atoms with Crippen LogP contribution in [0.15, 0.2) is 23.0 Å². The second kappa shape index (κ2) is 8.06. The number of carbonyl (C=O) groups is 1. The minimum absolute atomic E-state index is 0.220. The summed E-state index contributed by atoms with van der Waals surface area (Å²) < 4.78 is 10.5. The van der Waals surface area contributed by atoms with E-state index in [9.17, 15) is 4.79 Å². The number of hydrogen-bond acceptors (Lipinski definition) is 7. The van der Waals surface area contributed by atoms with Crippen LogP contribution in [0.4, 0.5) is 5.82 Å². The molecule has 25 heavy (non-hydrogen) atoms. The second-order valence-electron chi connectivity index (χ2n) is 6.43. The van der Waals surface area contributed by atoms with E-state index in [-0.39, 0.29) is 11.7 Å². The van der Waals surface area contributed by atoms with Crippen molar-refractivity contribution in [2.24, 2.45) is 5.92 Å². The number of morpholine rings is 1. The van der Waals surface area contributed by atoms with Crippen LogP contribution in [0.2, 0.25) is 0 Å². The summed E-state index contributed by atoms with van der Waals surface area (Å²) in [5.74, 6) is 1.23. The minimum Gasteiger partial charge on any atom is -0.378 e. The van der Waals surface area contributed by atoms with Crippen molar-refractivity contribution in [2.45, 2.75) is 26.8 Å². The molecule has 0 aliphatic carbocycles. The van der Waals surface area contributed by atoms with Crippen LogP contribution < -0.4 is 10.2 Å². The van der Waals surface area contributed by atoms with Gasteiger partial charge in [0, 0.05) is 25.2 Å². The summed E-state index contributed by atoms with van der Waals surface area (Å²) in [5, 5.41) is 6.73. The monoisotopic (exact) mass is 345 g/mol. The van der Waals surface area contributed by atoms with E-state index in [0.29, 0.717) is 25.7 Å². The average molecular weight is 345 g/mol. The third-order valence-corrected chi connectivity index (χ3v) is 3.87. The lowest BCUT2D eigenvalue weighted by atomic mass is 10.1. The Labute approximate surface area is 146 Å². The number of rotatable bonds is 6. The predicted molar refractivity (Wildman–Crippen MR) is 91.3 cm³/mol. The van der Waals surface area contributed by atoms with Gasteiger partial charge in [0.25, 0.3) is 5.91 Å². The fourth-order valence-electron chi connectivity index (χ4n) is 2.64. The summed E-state index contributed by atoms with van der Waals surface area (Å²) in [6, 6.07) is 3.57. The van der Waals surface area contributed by atoms with Gasteiger partial charge in [-0.25, -0.2) is 9.97 Å². The normalized spacial score (nSPS) is 14.8. The van der Waals surface area contributed by atoms with Gasteiger partial charge in [0.1, 0.15) is 12.1 Å². The molecule has 8 nitrogen and oxygen atoms in total. The average Bonchev–Trinajstić information content (AvgIpc) is 3.08. The van der Waals surface area contributed by atoms with Gasteiger partial charge < -0.3 is 19.5 Å². The van der Waals surface area contributed by atoms with Crippen molar-refractivity contribution in [2.75, 3.05) is 31.2 Å². The van der Waals surface area contributed by atoms with Crippen LogP contribution in [0.25, 0.3) is 0 Å². The highest BCUT2D eigenvalue weighted by molar-refractivity contribution is 5.91. The van der Waals surface area contributed by atoms with Crippen molar-refractivity contribution in [1.82, 2.24) is 20.4 Å². The van der Waals surface area contributed by atoms with Gasteiger partial charge in [0.05, 0.1) is 31.1 Å². The lowest BCUT2D eigenvalue weighted by Gasteiger charge is -2.27. The van der Waals surface area contributed by atoms with Crippen molar-refractivity contribution < 1.29 is 14.1 Å². The standard InChI is InChI=1S/C17H23N5O3/c1-12(2)7-13-8-15(25-21-13)17(23)18-10-14-9-16(20-11-19-14)22-3-5-24-6-4-22/h8-9,11-12H,3-7,10H2,1-2H3,(H,18,23). The van der Waals surface area contributed by atoms with Crippen molar-refractivity contribution >= 4 is 11.7 Å². The van der Waals surface area contributed by atoms with Crippen molar-refractivity contribution in [1.29, 1.82) is 0 Å². The van der Waals surface area contributed by atoms with Gasteiger partial charge >= 0.3 is 0 Å². The Kier molecular flexibility index (Phi) is 5.60. The van der Waals surface area contributed by atoms with E-state index in [1.807, 2.05) is 6.07 Å². The molecule has 2 aromatic rings. The molecule has 0 aromatic carbocycles. The smallest absolute Gasteiger partial charge is 0.290 e. The van der Waals surface area contributed by atoms with E-state index in [2.05, 4.69) is 39.2 Å². The van der Waals surface area contributed by atoms with Gasteiger partial charge in [-0.15, -0.1) is 0 Å². The van der Waals surface area contributed by atoms with Crippen LogP contribution in [0.1, 0.15) is 35.8 Å². The number of hydrogen-bond donors (Lipinski definition) is 1. The zero-order chi connectivity index (χ0) is 17.6. The lowest BCUT2D eigenvalue weighted by Crippen LogP contribution is -2.37. The second-order valence-corrected chi connectivity index (χ2v) is 6.43. The fraction of sp³-hybridized carbons (Fsp3) is 0.529. The van der Waals surface area contributed by atoms with Gasteiger partial charge in [-0.1, -0.05) is 19.0 Å². The predicted octanol–water partition coefficient (Wildman–Crippen LogP) is 1.43. The van der Waals surface area contributed by atoms with E-state index in [4.69, 9.17) is 9.26 Å². The molecule has 1 fully saturated rings. The molecule has 1 aliphatic heterocycles. The number of anilines is 1. The maximum absolute atomic E-state index is 12.2. The number of amides is 1. The fourth-order valence-corrected chi connectivity index (χ4v) is 2.64. The van der Waals surface area contributed by atoms with Gasteiger partial charge in [-0.05, 0) is 12.3 Å². The highest BCUT2D eigenvalue weighted by Gasteiger charge is 2.15. The first-order valence-corrected chi connectivity index (χ1v) is 8.49. The maximum Gasteiger partial charge on any atom is 0.290 e. The first kappa shape index (κ1) is 17.3. The first-order valence-electron chi connectivity index (χ1n) is 8.49. The first-order chi connectivity index (χ1) is 12.1. The zero-order valence-electron chi connectivity index (χ0n) is 14.6. The highest BCUT2D eigenvalue weighted by atomic mass is 16.5. The molecule has 0 spiro atoms. The molecule has 3 rings (SSSR count). The Morgan fingerprint density at radius 3 is 2.80 bits per heavy atom. The highest BCUT2D eigenvalue weighted by Crippen LogP contribution is 2.13. The number of ether oxygens (including phenoxy) is 1. The Bertz CT molecular complexity index is 710. The summed E-state index contributed by atoms with van der Waals surface area (Å²) in [6.45, 7) is 7.49. The molecule has 134 valence electrons. The van der Waals surface area contributed by atoms with E-state index >= 15 is 0 Å². The summed E-state index contributed by atoms with van der Waals surface area (Å²) in [6.07, 6.45) is 2.30. The molecule has 0 bridgehead atoms. The molecule has 3 heterocycles. The SMILES string of the molecule is CC(C)Cc1cc(C(=O)NCc2cc(N3CCOCC3)ncn2)on1. The summed E-state index contributed by atoms with van der Waals surface area (Å²) >= 11 is 0. The van der Waals surface area contributed by atoms with Crippen LogP contribution in [0.3, 0.4) is 0 Å². The van der Waals surface area contributed by atoms with Crippen LogP contribution in [-0.2, 0) is 17.7 Å². The molecule has 1 saturated heterocycles. The number of nitrogens with one attached hydrogen (secondary N) is 1. The molecular formula is C17H23N5O3. The Hall–Kier alpha value is -2.48. The third-order valence-electron chi connectivity index (χ3n) is 3.87. The summed E-state index contributed by atoms with van der Waals surface area (Å²) in [7, 11) is 0. The molecule has 0 radical (unpaired) electrons. The molecule has 0 atom stereocenters. The van der Waals surface area contributed by atoms with Crippen LogP contribution in [0, 0.1) is 5.92 Å². The maximum atomic E-state index is 12.2. The van der Waals surface area contributed by atoms with Gasteiger partial charge in [-0.2, -0.15) is 0 Å². The molecule has 2 aromatic heterocycles. The van der Waals surface area contributed by atoms with Crippen LogP contribution >= 0.6 is 0 Å². The summed E-state index contributed by atoms with van der Waals surface area (Å²) in [4.78, 5) is 22.8. The number of nitrogens with zero attached hydrogens (tertiary/aromatic N) is 4. The van der Waals surface area contributed by atoms with Crippen LogP contribution in [-0.4, -0.2) is 47.3 Å². The molecule has 8 heteroatoms. The van der Waals surface area contributed by atoms with Crippen molar-refractivity contribution in [3.8, 4) is 0 Å². The van der Waals surface area contributed by atoms with Crippen molar-refractivity contribution in [3.05, 3.63) is 35.6 Å².